The quantitative estimate of drug-likeness (QED) is 0.156. The Bertz CT molecular complexity index is 3950. The first kappa shape index (κ1) is 36.0. The van der Waals surface area contributed by atoms with Crippen molar-refractivity contribution in [2.45, 2.75) is 0 Å². The van der Waals surface area contributed by atoms with Crippen LogP contribution in [0.5, 0.6) is 0 Å². The van der Waals surface area contributed by atoms with E-state index in [0.29, 0.717) is 28.9 Å². The molecule has 3 heterocycles. The van der Waals surface area contributed by atoms with E-state index >= 15 is 0 Å². The molecule has 0 amide bonds. The van der Waals surface area contributed by atoms with Crippen LogP contribution in [-0.2, 0) is 0 Å². The molecule has 0 aliphatic rings. The SMILES string of the molecule is c1ccc(-c2nc(-c3cccc(-c4cccc5oc(-c6cccc(-c7ccc8c9ccccc9c9ccccc9c8c7)c6)nc45)c3)nc(-c3ccc4c(c3)oc3ccccc34)n2)cc1. The monoisotopic (exact) mass is 818 g/mol. The van der Waals surface area contributed by atoms with Gasteiger partial charge in [-0.2, -0.15) is 0 Å². The number of rotatable bonds is 6. The molecule has 0 unspecified atom stereocenters. The van der Waals surface area contributed by atoms with E-state index in [1.54, 1.807) is 0 Å². The minimum Gasteiger partial charge on any atom is -0.456 e. The van der Waals surface area contributed by atoms with Gasteiger partial charge in [0.2, 0.25) is 5.89 Å². The van der Waals surface area contributed by atoms with Gasteiger partial charge in [-0.1, -0.05) is 158 Å². The summed E-state index contributed by atoms with van der Waals surface area (Å²) in [5.74, 6) is 2.28. The number of benzene rings is 10. The van der Waals surface area contributed by atoms with Gasteiger partial charge in [-0.3, -0.25) is 0 Å². The lowest BCUT2D eigenvalue weighted by atomic mass is 9.92. The topological polar surface area (TPSA) is 77.8 Å². The van der Waals surface area contributed by atoms with Crippen LogP contribution < -0.4 is 0 Å². The van der Waals surface area contributed by atoms with E-state index in [2.05, 4.69) is 127 Å². The van der Waals surface area contributed by atoms with E-state index in [-0.39, 0.29) is 0 Å². The minimum absolute atomic E-state index is 0.563. The molecule has 13 rings (SSSR count). The third-order valence-corrected chi connectivity index (χ3v) is 12.3. The van der Waals surface area contributed by atoms with Crippen molar-refractivity contribution < 1.29 is 8.83 Å². The fourth-order valence-corrected chi connectivity index (χ4v) is 9.27. The molecule has 0 N–H and O–H groups in total. The predicted molar refractivity (Wildman–Crippen MR) is 260 cm³/mol. The van der Waals surface area contributed by atoms with Crippen LogP contribution in [0.1, 0.15) is 0 Å². The summed E-state index contributed by atoms with van der Waals surface area (Å²) in [5.41, 5.74) is 10.8. The molecule has 0 saturated carbocycles. The van der Waals surface area contributed by atoms with Crippen molar-refractivity contribution >= 4 is 65.4 Å². The van der Waals surface area contributed by atoms with Crippen molar-refractivity contribution in [2.24, 2.45) is 0 Å². The molecule has 0 aliphatic heterocycles. The Hall–Kier alpha value is -8.74. The van der Waals surface area contributed by atoms with Crippen molar-refractivity contribution in [3.63, 3.8) is 0 Å². The molecule has 13 aromatic rings. The van der Waals surface area contributed by atoms with Crippen LogP contribution in [0.25, 0.3) is 133 Å². The van der Waals surface area contributed by atoms with Crippen molar-refractivity contribution in [1.82, 2.24) is 19.9 Å². The molecule has 64 heavy (non-hydrogen) atoms. The highest BCUT2D eigenvalue weighted by Crippen LogP contribution is 2.39. The van der Waals surface area contributed by atoms with Crippen molar-refractivity contribution in [3.05, 3.63) is 206 Å². The number of furan rings is 1. The Morgan fingerprint density at radius 1 is 0.250 bits per heavy atom. The van der Waals surface area contributed by atoms with Crippen LogP contribution in [0, 0.1) is 0 Å². The van der Waals surface area contributed by atoms with Gasteiger partial charge in [-0.25, -0.2) is 19.9 Å². The van der Waals surface area contributed by atoms with Crippen LogP contribution in [0.4, 0.5) is 0 Å². The van der Waals surface area contributed by atoms with E-state index in [4.69, 9.17) is 28.8 Å². The molecular weight excluding hydrogens is 785 g/mol. The predicted octanol–water partition coefficient (Wildman–Crippen LogP) is 15.4. The summed E-state index contributed by atoms with van der Waals surface area (Å²) in [7, 11) is 0. The Balaban J connectivity index is 0.880. The Morgan fingerprint density at radius 2 is 0.734 bits per heavy atom. The summed E-state index contributed by atoms with van der Waals surface area (Å²) < 4.78 is 12.8. The van der Waals surface area contributed by atoms with Gasteiger partial charge in [-0.05, 0) is 97.5 Å². The molecule has 0 radical (unpaired) electrons. The van der Waals surface area contributed by atoms with Crippen molar-refractivity contribution in [1.29, 1.82) is 0 Å². The average Bonchev–Trinajstić information content (AvgIpc) is 3.99. The van der Waals surface area contributed by atoms with Gasteiger partial charge in [0.25, 0.3) is 0 Å². The zero-order valence-electron chi connectivity index (χ0n) is 34.2. The van der Waals surface area contributed by atoms with Gasteiger partial charge in [0.05, 0.1) is 0 Å². The van der Waals surface area contributed by atoms with E-state index in [0.717, 1.165) is 72.0 Å². The summed E-state index contributed by atoms with van der Waals surface area (Å²) >= 11 is 0. The van der Waals surface area contributed by atoms with E-state index in [1.165, 1.54) is 32.3 Å². The van der Waals surface area contributed by atoms with Crippen molar-refractivity contribution in [2.75, 3.05) is 0 Å². The van der Waals surface area contributed by atoms with Gasteiger partial charge in [0.15, 0.2) is 23.1 Å². The summed E-state index contributed by atoms with van der Waals surface area (Å²) in [4.78, 5) is 20.3. The molecule has 0 spiro atoms. The first-order valence-electron chi connectivity index (χ1n) is 21.4. The van der Waals surface area contributed by atoms with E-state index < -0.39 is 0 Å². The van der Waals surface area contributed by atoms with E-state index in [1.807, 2.05) is 78.9 Å². The summed E-state index contributed by atoms with van der Waals surface area (Å²) in [5, 5.41) is 9.65. The molecule has 6 nitrogen and oxygen atoms in total. The first-order valence-corrected chi connectivity index (χ1v) is 21.4. The van der Waals surface area contributed by atoms with Gasteiger partial charge in [0, 0.05) is 38.6 Å². The van der Waals surface area contributed by atoms with Crippen LogP contribution in [0.3, 0.4) is 0 Å². The fourth-order valence-electron chi connectivity index (χ4n) is 9.27. The van der Waals surface area contributed by atoms with E-state index in [9.17, 15) is 0 Å². The standard InChI is InChI=1S/C58H34N4O2/c1-2-13-35(14-3-1)55-60-56(62-57(61-55)40-28-30-49-48-23-8-9-25-51(48)63-53(49)34-40)39-17-11-16-38(32-39)42-24-12-26-52-54(42)59-58(64-52)41-18-10-15-36(31-41)37-27-29-47-45-21-5-4-19-43(45)44-20-6-7-22-46(44)50(47)33-37/h1-34H. The second-order valence-corrected chi connectivity index (χ2v) is 16.2. The summed E-state index contributed by atoms with van der Waals surface area (Å²) in [6.07, 6.45) is 0. The average molecular weight is 819 g/mol. The normalized spacial score (nSPS) is 11.8. The number of nitrogens with zero attached hydrogens (tertiary/aromatic N) is 4. The molecule has 0 aliphatic carbocycles. The smallest absolute Gasteiger partial charge is 0.227 e. The molecule has 3 aromatic heterocycles. The van der Waals surface area contributed by atoms with Crippen LogP contribution in [0.2, 0.25) is 0 Å². The highest BCUT2D eigenvalue weighted by molar-refractivity contribution is 6.25. The van der Waals surface area contributed by atoms with Gasteiger partial charge in [0.1, 0.15) is 16.7 Å². The van der Waals surface area contributed by atoms with Crippen LogP contribution >= 0.6 is 0 Å². The molecule has 0 atom stereocenters. The summed E-state index contributed by atoms with van der Waals surface area (Å²) in [6, 6.07) is 71.2. The number of oxazole rings is 1. The lowest BCUT2D eigenvalue weighted by molar-refractivity contribution is 0.620. The minimum atomic E-state index is 0.563. The highest BCUT2D eigenvalue weighted by atomic mass is 16.3. The molecule has 0 bridgehead atoms. The molecule has 298 valence electrons. The number of aromatic nitrogens is 4. The maximum atomic E-state index is 6.53. The molecule has 10 aromatic carbocycles. The number of fused-ring (bicyclic) bond motifs is 10. The first-order chi connectivity index (χ1) is 31.7. The molecule has 0 fully saturated rings. The second-order valence-electron chi connectivity index (χ2n) is 16.2. The number of hydrogen-bond acceptors (Lipinski definition) is 6. The maximum Gasteiger partial charge on any atom is 0.227 e. The lowest BCUT2D eigenvalue weighted by Crippen LogP contribution is -2.00. The van der Waals surface area contributed by atoms with Crippen LogP contribution in [-0.4, -0.2) is 19.9 Å². The largest absolute Gasteiger partial charge is 0.456 e. The third-order valence-electron chi connectivity index (χ3n) is 12.3. The highest BCUT2D eigenvalue weighted by Gasteiger charge is 2.18. The van der Waals surface area contributed by atoms with Crippen molar-refractivity contribution in [3.8, 4) is 67.9 Å². The third kappa shape index (κ3) is 5.96. The molecular formula is C58H34N4O2. The Kier molecular flexibility index (Phi) is 8.11. The lowest BCUT2D eigenvalue weighted by Gasteiger charge is -2.12. The fraction of sp³-hybridized carbons (Fsp3) is 0. The molecule has 0 saturated heterocycles. The van der Waals surface area contributed by atoms with Crippen LogP contribution in [0.15, 0.2) is 215 Å². The number of hydrogen-bond donors (Lipinski definition) is 0. The van der Waals surface area contributed by atoms with Gasteiger partial charge < -0.3 is 8.83 Å². The Morgan fingerprint density at radius 3 is 1.50 bits per heavy atom. The second kappa shape index (κ2) is 14.4. The zero-order valence-corrected chi connectivity index (χ0v) is 34.2. The Labute approximate surface area is 366 Å². The molecule has 6 heteroatoms. The number of para-hydroxylation sites is 2. The van der Waals surface area contributed by atoms with Gasteiger partial charge in [-0.15, -0.1) is 0 Å². The van der Waals surface area contributed by atoms with Gasteiger partial charge >= 0.3 is 0 Å². The zero-order chi connectivity index (χ0) is 42.1. The maximum absolute atomic E-state index is 6.53. The summed E-state index contributed by atoms with van der Waals surface area (Å²) in [6.45, 7) is 0.